The van der Waals surface area contributed by atoms with Gasteiger partial charge in [-0.25, -0.2) is 0 Å². The molecule has 8 N–H and O–H groups in total. The molecule has 4 amide bonds. The number of carbonyl (C=O) groups is 4. The molecule has 0 saturated carbocycles. The summed E-state index contributed by atoms with van der Waals surface area (Å²) >= 11 is 0. The molecule has 1 aliphatic heterocycles. The van der Waals surface area contributed by atoms with Crippen LogP contribution in [0.5, 0.6) is 0 Å². The minimum absolute atomic E-state index is 0.186. The van der Waals surface area contributed by atoms with Crippen molar-refractivity contribution in [1.82, 2.24) is 19.6 Å². The summed E-state index contributed by atoms with van der Waals surface area (Å²) < 4.78 is 0. The minimum atomic E-state index is -0.333. The molecule has 0 radical (unpaired) electrons. The van der Waals surface area contributed by atoms with E-state index in [9.17, 15) is 19.2 Å². The van der Waals surface area contributed by atoms with Crippen LogP contribution in [-0.4, -0.2) is 121 Å². The molecule has 1 heterocycles. The van der Waals surface area contributed by atoms with Crippen molar-refractivity contribution in [2.24, 2.45) is 22.9 Å². The van der Waals surface area contributed by atoms with E-state index in [0.29, 0.717) is 26.2 Å². The van der Waals surface area contributed by atoms with E-state index >= 15 is 0 Å². The molecule has 0 aliphatic carbocycles. The highest BCUT2D eigenvalue weighted by Crippen LogP contribution is 2.12. The molecule has 12 heteroatoms. The Morgan fingerprint density at radius 1 is 0.528 bits per heavy atom. The average Bonchev–Trinajstić information content (AvgIpc) is 2.79. The fraction of sp³-hybridized carbons (Fsp3) is 0.833. The van der Waals surface area contributed by atoms with Crippen LogP contribution in [0.3, 0.4) is 0 Å². The normalized spacial score (nSPS) is 22.6. The number of hydrogen-bond donors (Lipinski definition) is 4. The lowest BCUT2D eigenvalue weighted by Crippen LogP contribution is -2.47. The van der Waals surface area contributed by atoms with Gasteiger partial charge in [0.25, 0.3) is 0 Å². The van der Waals surface area contributed by atoms with E-state index < -0.39 is 0 Å². The molecule has 2 unspecified atom stereocenters. The first-order valence-corrected chi connectivity index (χ1v) is 13.0. The number of amides is 4. The number of primary amides is 4. The van der Waals surface area contributed by atoms with E-state index in [1.807, 2.05) is 0 Å². The topological polar surface area (TPSA) is 185 Å². The summed E-state index contributed by atoms with van der Waals surface area (Å²) in [6, 6.07) is 0.373. The number of hydrogen-bond acceptors (Lipinski definition) is 8. The molecule has 1 aliphatic rings. The van der Waals surface area contributed by atoms with E-state index in [1.165, 1.54) is 0 Å². The second-order valence-corrected chi connectivity index (χ2v) is 9.90. The summed E-state index contributed by atoms with van der Waals surface area (Å²) in [5.41, 5.74) is 21.7. The lowest BCUT2D eigenvalue weighted by Gasteiger charge is -2.36. The highest BCUT2D eigenvalue weighted by atomic mass is 16.2. The van der Waals surface area contributed by atoms with E-state index in [2.05, 4.69) is 33.4 Å². The molecule has 208 valence electrons. The van der Waals surface area contributed by atoms with Crippen LogP contribution in [0.15, 0.2) is 0 Å². The Morgan fingerprint density at radius 3 is 1.14 bits per heavy atom. The molecule has 0 aromatic heterocycles. The fourth-order valence-corrected chi connectivity index (χ4v) is 4.46. The maximum absolute atomic E-state index is 11.5. The quantitative estimate of drug-likeness (QED) is 0.237. The summed E-state index contributed by atoms with van der Waals surface area (Å²) in [5.74, 6) is -1.33. The van der Waals surface area contributed by atoms with E-state index in [4.69, 9.17) is 22.9 Å². The monoisotopic (exact) mass is 512 g/mol. The molecule has 2 atom stereocenters. The lowest BCUT2D eigenvalue weighted by atomic mass is 10.1. The molecule has 0 spiro atoms. The SMILES string of the molecule is CC1CCN(CCC(N)=O)CCN(CCC(N)=O)C(C)CCN(CCC(N)=O)CCN1CCC(N)=O. The summed E-state index contributed by atoms with van der Waals surface area (Å²) in [4.78, 5) is 54.8. The lowest BCUT2D eigenvalue weighted by molar-refractivity contribution is -0.119. The molecule has 1 fully saturated rings. The van der Waals surface area contributed by atoms with Crippen molar-refractivity contribution in [2.75, 3.05) is 65.4 Å². The van der Waals surface area contributed by atoms with Gasteiger partial charge < -0.3 is 32.7 Å². The Balaban J connectivity index is 3.07. The number of nitrogens with zero attached hydrogens (tertiary/aromatic N) is 4. The zero-order valence-electron chi connectivity index (χ0n) is 22.2. The highest BCUT2D eigenvalue weighted by molar-refractivity contribution is 5.74. The van der Waals surface area contributed by atoms with Gasteiger partial charge in [-0.3, -0.25) is 29.0 Å². The highest BCUT2D eigenvalue weighted by Gasteiger charge is 2.22. The molecule has 1 saturated heterocycles. The van der Waals surface area contributed by atoms with Crippen LogP contribution in [0.4, 0.5) is 0 Å². The van der Waals surface area contributed by atoms with Gasteiger partial charge in [0.1, 0.15) is 0 Å². The zero-order chi connectivity index (χ0) is 27.1. The third-order valence-corrected chi connectivity index (χ3v) is 7.02. The fourth-order valence-electron chi connectivity index (χ4n) is 4.46. The summed E-state index contributed by atoms with van der Waals surface area (Å²) in [6.07, 6.45) is 2.81. The predicted molar refractivity (Wildman–Crippen MR) is 139 cm³/mol. The summed E-state index contributed by atoms with van der Waals surface area (Å²) in [5, 5.41) is 0. The van der Waals surface area contributed by atoms with E-state index in [1.54, 1.807) is 0 Å². The second-order valence-electron chi connectivity index (χ2n) is 9.90. The van der Waals surface area contributed by atoms with Crippen molar-refractivity contribution in [3.63, 3.8) is 0 Å². The minimum Gasteiger partial charge on any atom is -0.370 e. The van der Waals surface area contributed by atoms with Gasteiger partial charge >= 0.3 is 0 Å². The van der Waals surface area contributed by atoms with Crippen LogP contribution in [0, 0.1) is 0 Å². The van der Waals surface area contributed by atoms with Crippen molar-refractivity contribution in [1.29, 1.82) is 0 Å². The third kappa shape index (κ3) is 14.3. The van der Waals surface area contributed by atoms with Gasteiger partial charge in [0.15, 0.2) is 0 Å². The van der Waals surface area contributed by atoms with Crippen LogP contribution in [0.1, 0.15) is 52.4 Å². The van der Waals surface area contributed by atoms with Crippen molar-refractivity contribution in [3.05, 3.63) is 0 Å². The van der Waals surface area contributed by atoms with Crippen LogP contribution in [-0.2, 0) is 19.2 Å². The van der Waals surface area contributed by atoms with Crippen LogP contribution in [0.25, 0.3) is 0 Å². The van der Waals surface area contributed by atoms with Gasteiger partial charge in [0.2, 0.25) is 23.6 Å². The van der Waals surface area contributed by atoms with Crippen LogP contribution in [0.2, 0.25) is 0 Å². The van der Waals surface area contributed by atoms with Gasteiger partial charge in [-0.05, 0) is 39.8 Å². The summed E-state index contributed by atoms with van der Waals surface area (Å²) in [6.45, 7) is 11.0. The molecular formula is C24H48N8O4. The van der Waals surface area contributed by atoms with Gasteiger partial charge in [-0.15, -0.1) is 0 Å². The Labute approximate surface area is 215 Å². The van der Waals surface area contributed by atoms with Gasteiger partial charge in [0.05, 0.1) is 0 Å². The van der Waals surface area contributed by atoms with Crippen LogP contribution >= 0.6 is 0 Å². The Bertz CT molecular complexity index is 650. The second kappa shape index (κ2) is 17.2. The first kappa shape index (κ1) is 31.7. The molecule has 0 aromatic rings. The van der Waals surface area contributed by atoms with Gasteiger partial charge in [0, 0.05) is 90.1 Å². The van der Waals surface area contributed by atoms with Crippen LogP contribution < -0.4 is 22.9 Å². The first-order valence-electron chi connectivity index (χ1n) is 13.0. The molecule has 1 rings (SSSR count). The predicted octanol–water partition coefficient (Wildman–Crippen LogP) is -1.73. The Morgan fingerprint density at radius 2 is 0.833 bits per heavy atom. The molecule has 12 nitrogen and oxygen atoms in total. The molecule has 0 aromatic carbocycles. The molecular weight excluding hydrogens is 464 g/mol. The van der Waals surface area contributed by atoms with Crippen molar-refractivity contribution < 1.29 is 19.2 Å². The maximum Gasteiger partial charge on any atom is 0.218 e. The molecule has 0 bridgehead atoms. The van der Waals surface area contributed by atoms with Crippen molar-refractivity contribution >= 4 is 23.6 Å². The molecule has 36 heavy (non-hydrogen) atoms. The summed E-state index contributed by atoms with van der Waals surface area (Å²) in [7, 11) is 0. The zero-order valence-corrected chi connectivity index (χ0v) is 22.2. The van der Waals surface area contributed by atoms with Gasteiger partial charge in [-0.2, -0.15) is 0 Å². The van der Waals surface area contributed by atoms with E-state index in [-0.39, 0.29) is 61.4 Å². The Kier molecular flexibility index (Phi) is 15.2. The number of rotatable bonds is 12. The van der Waals surface area contributed by atoms with Crippen molar-refractivity contribution in [3.8, 4) is 0 Å². The number of nitrogens with two attached hydrogens (primary N) is 4. The largest absolute Gasteiger partial charge is 0.370 e. The smallest absolute Gasteiger partial charge is 0.218 e. The number of carbonyl (C=O) groups excluding carboxylic acids is 4. The third-order valence-electron chi connectivity index (χ3n) is 7.02. The first-order chi connectivity index (χ1) is 17.0. The van der Waals surface area contributed by atoms with E-state index in [0.717, 1.165) is 52.1 Å². The average molecular weight is 513 g/mol. The van der Waals surface area contributed by atoms with Gasteiger partial charge in [-0.1, -0.05) is 0 Å². The Hall–Kier alpha value is -2.28. The van der Waals surface area contributed by atoms with Crippen molar-refractivity contribution in [2.45, 2.75) is 64.5 Å². The maximum atomic E-state index is 11.5. The standard InChI is InChI=1S/C24H48N8O4/c1-19-3-9-29(11-5-21(25)33)16-18-32(14-8-24(28)36)20(2)4-10-30(12-6-22(26)34)15-17-31(19)13-7-23(27)35/h19-20H,3-18H2,1-2H3,(H2,25,33)(H2,26,34)(H2,27,35)(H2,28,36).